The average Bonchev–Trinajstić information content (AvgIpc) is 2.72. The molecule has 1 heterocycles. The Morgan fingerprint density at radius 2 is 1.28 bits per heavy atom. The first-order valence-corrected chi connectivity index (χ1v) is 12.4. The predicted molar refractivity (Wildman–Crippen MR) is 124 cm³/mol. The van der Waals surface area contributed by atoms with Crippen molar-refractivity contribution in [2.75, 3.05) is 46.4 Å². The molecule has 0 spiro atoms. The van der Waals surface area contributed by atoms with Crippen LogP contribution in [0.5, 0.6) is 0 Å². The third-order valence-corrected chi connectivity index (χ3v) is 5.87. The fourth-order valence-electron chi connectivity index (χ4n) is 3.77. The number of allylic oxidation sites excluding steroid dienone is 2. The maximum absolute atomic E-state index is 11.9. The Kier molecular flexibility index (Phi) is 17.2. The molecular formula is C25H48N2O2. The Morgan fingerprint density at radius 3 is 1.86 bits per heavy atom. The normalized spacial score (nSPS) is 15.9. The summed E-state index contributed by atoms with van der Waals surface area (Å²) in [5, 5.41) is 0. The van der Waals surface area contributed by atoms with Crippen molar-refractivity contribution in [3.8, 4) is 0 Å². The minimum Gasteiger partial charge on any atom is -0.465 e. The van der Waals surface area contributed by atoms with Gasteiger partial charge < -0.3 is 9.64 Å². The van der Waals surface area contributed by atoms with Gasteiger partial charge >= 0.3 is 5.97 Å². The van der Waals surface area contributed by atoms with Gasteiger partial charge in [0.25, 0.3) is 0 Å². The largest absolute Gasteiger partial charge is 0.465 e. The molecule has 0 aromatic carbocycles. The fraction of sp³-hybridized carbons (Fsp3) is 0.880. The SMILES string of the molecule is CCCCCCCC/C=C\CCCCCCCCOC(=O)CN1CCN(C)CC1. The second-order valence-electron chi connectivity index (χ2n) is 8.74. The van der Waals surface area contributed by atoms with Gasteiger partial charge in [-0.15, -0.1) is 0 Å². The number of hydrogen-bond donors (Lipinski definition) is 0. The Hall–Kier alpha value is -0.870. The summed E-state index contributed by atoms with van der Waals surface area (Å²) in [5.74, 6) is -0.0534. The first-order chi connectivity index (χ1) is 14.2. The van der Waals surface area contributed by atoms with Crippen LogP contribution >= 0.6 is 0 Å². The predicted octanol–water partition coefficient (Wildman–Crippen LogP) is 5.81. The third kappa shape index (κ3) is 16.6. The second-order valence-corrected chi connectivity index (χ2v) is 8.74. The average molecular weight is 409 g/mol. The zero-order valence-electron chi connectivity index (χ0n) is 19.5. The summed E-state index contributed by atoms with van der Waals surface area (Å²) < 4.78 is 5.39. The molecule has 0 aromatic rings. The summed E-state index contributed by atoms with van der Waals surface area (Å²) in [6, 6.07) is 0. The van der Waals surface area contributed by atoms with Crippen molar-refractivity contribution in [3.05, 3.63) is 12.2 Å². The molecular weight excluding hydrogens is 360 g/mol. The highest BCUT2D eigenvalue weighted by Crippen LogP contribution is 2.10. The Balaban J connectivity index is 1.77. The number of likely N-dealkylation sites (N-methyl/N-ethyl adjacent to an activating group) is 1. The van der Waals surface area contributed by atoms with Gasteiger partial charge in [0.1, 0.15) is 0 Å². The number of unbranched alkanes of at least 4 members (excludes halogenated alkanes) is 12. The van der Waals surface area contributed by atoms with E-state index >= 15 is 0 Å². The van der Waals surface area contributed by atoms with E-state index in [2.05, 4.69) is 35.9 Å². The monoisotopic (exact) mass is 408 g/mol. The fourth-order valence-corrected chi connectivity index (χ4v) is 3.77. The van der Waals surface area contributed by atoms with E-state index in [-0.39, 0.29) is 5.97 Å². The minimum absolute atomic E-state index is 0.0534. The molecule has 170 valence electrons. The van der Waals surface area contributed by atoms with Gasteiger partial charge in [0.15, 0.2) is 0 Å². The molecule has 0 bridgehead atoms. The maximum atomic E-state index is 11.9. The lowest BCUT2D eigenvalue weighted by atomic mass is 10.1. The zero-order valence-corrected chi connectivity index (χ0v) is 19.5. The molecule has 0 radical (unpaired) electrons. The molecule has 1 aliphatic rings. The van der Waals surface area contributed by atoms with Crippen molar-refractivity contribution in [2.45, 2.75) is 96.8 Å². The van der Waals surface area contributed by atoms with E-state index in [9.17, 15) is 4.79 Å². The van der Waals surface area contributed by atoms with Crippen molar-refractivity contribution in [1.82, 2.24) is 9.80 Å². The summed E-state index contributed by atoms with van der Waals surface area (Å²) >= 11 is 0. The number of esters is 1. The van der Waals surface area contributed by atoms with Crippen LogP contribution in [0.2, 0.25) is 0 Å². The molecule has 29 heavy (non-hydrogen) atoms. The van der Waals surface area contributed by atoms with Crippen molar-refractivity contribution in [2.24, 2.45) is 0 Å². The molecule has 0 aromatic heterocycles. The van der Waals surface area contributed by atoms with E-state index in [1.807, 2.05) is 0 Å². The standard InChI is InChI=1S/C25H48N2O2/c1-3-4-5-6-7-8-9-10-11-12-13-14-15-16-17-18-23-29-25(28)24-27-21-19-26(2)20-22-27/h10-11H,3-9,12-24H2,1-2H3/b11-10-. The van der Waals surface area contributed by atoms with Crippen LogP contribution in [-0.2, 0) is 9.53 Å². The van der Waals surface area contributed by atoms with Gasteiger partial charge in [-0.25, -0.2) is 0 Å². The highest BCUT2D eigenvalue weighted by atomic mass is 16.5. The number of hydrogen-bond acceptors (Lipinski definition) is 4. The van der Waals surface area contributed by atoms with Crippen LogP contribution in [0.1, 0.15) is 96.8 Å². The zero-order chi connectivity index (χ0) is 21.0. The highest BCUT2D eigenvalue weighted by molar-refractivity contribution is 5.71. The molecule has 0 aliphatic carbocycles. The van der Waals surface area contributed by atoms with E-state index in [0.29, 0.717) is 13.2 Å². The Bertz CT molecular complexity index is 404. The molecule has 1 fully saturated rings. The van der Waals surface area contributed by atoms with Gasteiger partial charge in [-0.05, 0) is 39.2 Å². The van der Waals surface area contributed by atoms with Crippen molar-refractivity contribution < 1.29 is 9.53 Å². The van der Waals surface area contributed by atoms with Crippen LogP contribution in [0.4, 0.5) is 0 Å². The molecule has 0 atom stereocenters. The molecule has 0 amide bonds. The van der Waals surface area contributed by atoms with Gasteiger partial charge in [-0.1, -0.05) is 76.9 Å². The van der Waals surface area contributed by atoms with E-state index in [1.165, 1.54) is 83.5 Å². The molecule has 1 aliphatic heterocycles. The Morgan fingerprint density at radius 1 is 0.759 bits per heavy atom. The lowest BCUT2D eigenvalue weighted by Gasteiger charge is -2.31. The van der Waals surface area contributed by atoms with Gasteiger partial charge in [0, 0.05) is 26.2 Å². The van der Waals surface area contributed by atoms with Crippen LogP contribution < -0.4 is 0 Å². The molecule has 1 rings (SSSR count). The maximum Gasteiger partial charge on any atom is 0.320 e. The number of piperazine rings is 1. The second kappa shape index (κ2) is 19.1. The van der Waals surface area contributed by atoms with Crippen LogP contribution in [0.25, 0.3) is 0 Å². The molecule has 0 saturated carbocycles. The summed E-state index contributed by atoms with van der Waals surface area (Å²) in [4.78, 5) is 16.4. The summed E-state index contributed by atoms with van der Waals surface area (Å²) in [6.07, 6.45) is 23.0. The van der Waals surface area contributed by atoms with Gasteiger partial charge in [0.2, 0.25) is 0 Å². The van der Waals surface area contributed by atoms with E-state index in [0.717, 1.165) is 32.6 Å². The number of ether oxygens (including phenoxy) is 1. The lowest BCUT2D eigenvalue weighted by Crippen LogP contribution is -2.46. The molecule has 4 nitrogen and oxygen atoms in total. The lowest BCUT2D eigenvalue weighted by molar-refractivity contribution is -0.145. The summed E-state index contributed by atoms with van der Waals surface area (Å²) in [7, 11) is 2.13. The highest BCUT2D eigenvalue weighted by Gasteiger charge is 2.16. The van der Waals surface area contributed by atoms with Gasteiger partial charge in [0.05, 0.1) is 13.2 Å². The number of rotatable bonds is 18. The molecule has 0 N–H and O–H groups in total. The van der Waals surface area contributed by atoms with Gasteiger partial charge in [-0.2, -0.15) is 0 Å². The van der Waals surface area contributed by atoms with Gasteiger partial charge in [-0.3, -0.25) is 9.69 Å². The van der Waals surface area contributed by atoms with E-state index in [4.69, 9.17) is 4.74 Å². The number of nitrogens with zero attached hydrogens (tertiary/aromatic N) is 2. The molecule has 0 unspecified atom stereocenters. The minimum atomic E-state index is -0.0534. The van der Waals surface area contributed by atoms with Crippen LogP contribution in [0.15, 0.2) is 12.2 Å². The molecule has 1 saturated heterocycles. The Labute approximate surface area is 181 Å². The van der Waals surface area contributed by atoms with Crippen molar-refractivity contribution >= 4 is 5.97 Å². The number of carbonyl (C=O) groups is 1. The van der Waals surface area contributed by atoms with Crippen molar-refractivity contribution in [1.29, 1.82) is 0 Å². The first kappa shape index (κ1) is 26.2. The van der Waals surface area contributed by atoms with Crippen LogP contribution in [0.3, 0.4) is 0 Å². The smallest absolute Gasteiger partial charge is 0.320 e. The summed E-state index contributed by atoms with van der Waals surface area (Å²) in [6.45, 7) is 7.36. The third-order valence-electron chi connectivity index (χ3n) is 5.87. The van der Waals surface area contributed by atoms with Crippen molar-refractivity contribution in [3.63, 3.8) is 0 Å². The summed E-state index contributed by atoms with van der Waals surface area (Å²) in [5.41, 5.74) is 0. The first-order valence-electron chi connectivity index (χ1n) is 12.4. The quantitative estimate of drug-likeness (QED) is 0.163. The van der Waals surface area contributed by atoms with Crippen LogP contribution in [-0.4, -0.2) is 62.1 Å². The van der Waals surface area contributed by atoms with E-state index < -0.39 is 0 Å². The molecule has 4 heteroatoms. The van der Waals surface area contributed by atoms with E-state index in [1.54, 1.807) is 0 Å². The topological polar surface area (TPSA) is 32.8 Å². The number of carbonyl (C=O) groups excluding carboxylic acids is 1. The van der Waals surface area contributed by atoms with Crippen LogP contribution in [0, 0.1) is 0 Å².